The fourth-order valence-electron chi connectivity index (χ4n) is 3.65. The summed E-state index contributed by atoms with van der Waals surface area (Å²) < 4.78 is 11.3. The Morgan fingerprint density at radius 2 is 1.82 bits per heavy atom. The lowest BCUT2D eigenvalue weighted by molar-refractivity contribution is -0.892. The molecule has 0 aromatic heterocycles. The van der Waals surface area contributed by atoms with E-state index in [1.807, 2.05) is 36.4 Å². The number of aromatic hydroxyl groups is 1. The van der Waals surface area contributed by atoms with Crippen LogP contribution in [0, 0.1) is 0 Å². The lowest BCUT2D eigenvalue weighted by atomic mass is 10.2. The summed E-state index contributed by atoms with van der Waals surface area (Å²) in [5.41, 5.74) is 1.58. The molecule has 0 spiro atoms. The number of hydrogen-bond donors (Lipinski definition) is 3. The minimum absolute atomic E-state index is 0.0134. The average molecular weight is 384 g/mol. The van der Waals surface area contributed by atoms with Crippen LogP contribution in [0.1, 0.15) is 6.42 Å². The summed E-state index contributed by atoms with van der Waals surface area (Å²) >= 11 is 0. The zero-order valence-electron chi connectivity index (χ0n) is 15.8. The van der Waals surface area contributed by atoms with Gasteiger partial charge in [0.2, 0.25) is 0 Å². The van der Waals surface area contributed by atoms with Crippen molar-refractivity contribution in [2.24, 2.45) is 0 Å². The molecule has 1 amide bonds. The van der Waals surface area contributed by atoms with Crippen LogP contribution < -0.4 is 24.6 Å². The van der Waals surface area contributed by atoms with Gasteiger partial charge in [-0.25, -0.2) is 0 Å². The largest absolute Gasteiger partial charge is 0.506 e. The third-order valence-electron chi connectivity index (χ3n) is 5.13. The standard InChI is InChI=1S/C21H25N3O4/c25-18-5-2-1-4-17(18)24-10-8-23(9-11-24)15-21(26)22-16-6-7-19-20(14-16)28-13-3-12-27-19/h1-2,4-7,14,25H,3,8-13,15H2,(H,22,26)/p+1. The number of quaternary nitrogens is 1. The number of ether oxygens (including phenoxy) is 2. The number of hydrogen-bond acceptors (Lipinski definition) is 5. The second kappa shape index (κ2) is 8.39. The quantitative estimate of drug-likeness (QED) is 0.730. The number of piperazine rings is 1. The van der Waals surface area contributed by atoms with Crippen LogP contribution in [-0.2, 0) is 4.79 Å². The Hall–Kier alpha value is -2.93. The zero-order valence-corrected chi connectivity index (χ0v) is 15.8. The first-order valence-electron chi connectivity index (χ1n) is 9.75. The van der Waals surface area contributed by atoms with Crippen molar-refractivity contribution in [3.05, 3.63) is 42.5 Å². The van der Waals surface area contributed by atoms with E-state index in [2.05, 4.69) is 10.2 Å². The van der Waals surface area contributed by atoms with Gasteiger partial charge in [-0.2, -0.15) is 0 Å². The maximum absolute atomic E-state index is 12.5. The molecular weight excluding hydrogens is 358 g/mol. The van der Waals surface area contributed by atoms with Crippen molar-refractivity contribution in [1.29, 1.82) is 0 Å². The van der Waals surface area contributed by atoms with E-state index in [4.69, 9.17) is 9.47 Å². The molecule has 0 saturated carbocycles. The van der Waals surface area contributed by atoms with Crippen molar-refractivity contribution in [1.82, 2.24) is 0 Å². The van der Waals surface area contributed by atoms with E-state index >= 15 is 0 Å². The van der Waals surface area contributed by atoms with Gasteiger partial charge in [-0.05, 0) is 24.3 Å². The first-order valence-corrected chi connectivity index (χ1v) is 9.75. The van der Waals surface area contributed by atoms with Crippen LogP contribution in [0.2, 0.25) is 0 Å². The Labute approximate surface area is 164 Å². The molecule has 2 heterocycles. The predicted molar refractivity (Wildman–Crippen MR) is 107 cm³/mol. The minimum atomic E-state index is -0.0134. The number of carbonyl (C=O) groups is 1. The first-order chi connectivity index (χ1) is 13.7. The van der Waals surface area contributed by atoms with Crippen LogP contribution >= 0.6 is 0 Å². The van der Waals surface area contributed by atoms with Crippen LogP contribution in [-0.4, -0.2) is 57.0 Å². The van der Waals surface area contributed by atoms with E-state index in [1.54, 1.807) is 6.07 Å². The summed E-state index contributed by atoms with van der Waals surface area (Å²) in [6, 6.07) is 12.9. The molecule has 2 aliphatic rings. The molecule has 0 radical (unpaired) electrons. The minimum Gasteiger partial charge on any atom is -0.506 e. The average Bonchev–Trinajstić information content (AvgIpc) is 2.94. The molecule has 2 aliphatic heterocycles. The molecule has 4 rings (SSSR count). The highest BCUT2D eigenvalue weighted by Gasteiger charge is 2.23. The maximum atomic E-state index is 12.5. The fourth-order valence-corrected chi connectivity index (χ4v) is 3.65. The molecule has 7 heteroatoms. The predicted octanol–water partition coefficient (Wildman–Crippen LogP) is 0.897. The lowest BCUT2D eigenvalue weighted by Gasteiger charge is -2.33. The third-order valence-corrected chi connectivity index (χ3v) is 5.13. The summed E-state index contributed by atoms with van der Waals surface area (Å²) in [5.74, 6) is 1.69. The second-order valence-corrected chi connectivity index (χ2v) is 7.16. The molecule has 28 heavy (non-hydrogen) atoms. The number of anilines is 2. The lowest BCUT2D eigenvalue weighted by Crippen LogP contribution is -3.15. The molecule has 0 bridgehead atoms. The van der Waals surface area contributed by atoms with E-state index < -0.39 is 0 Å². The number of nitrogens with one attached hydrogen (secondary N) is 2. The summed E-state index contributed by atoms with van der Waals surface area (Å²) in [5, 5.41) is 13.0. The summed E-state index contributed by atoms with van der Waals surface area (Å²) in [7, 11) is 0. The molecule has 7 nitrogen and oxygen atoms in total. The normalized spacial score (nSPS) is 17.1. The Morgan fingerprint density at radius 3 is 2.61 bits per heavy atom. The van der Waals surface area contributed by atoms with Crippen molar-refractivity contribution in [3.63, 3.8) is 0 Å². The molecule has 1 saturated heterocycles. The van der Waals surface area contributed by atoms with Gasteiger partial charge < -0.3 is 29.7 Å². The van der Waals surface area contributed by atoms with Gasteiger partial charge in [0.1, 0.15) is 5.75 Å². The number of nitrogens with zero attached hydrogens (tertiary/aromatic N) is 1. The number of fused-ring (bicyclic) bond motifs is 1. The number of phenolic OH excluding ortho intramolecular Hbond substituents is 1. The Kier molecular flexibility index (Phi) is 5.53. The monoisotopic (exact) mass is 384 g/mol. The second-order valence-electron chi connectivity index (χ2n) is 7.16. The molecule has 148 valence electrons. The number of amides is 1. The maximum Gasteiger partial charge on any atom is 0.279 e. The summed E-state index contributed by atoms with van der Waals surface area (Å²) in [4.78, 5) is 15.9. The van der Waals surface area contributed by atoms with Gasteiger partial charge in [0.25, 0.3) is 5.91 Å². The van der Waals surface area contributed by atoms with Gasteiger partial charge in [-0.3, -0.25) is 4.79 Å². The van der Waals surface area contributed by atoms with E-state index in [9.17, 15) is 9.90 Å². The van der Waals surface area contributed by atoms with Crippen LogP contribution in [0.25, 0.3) is 0 Å². The molecule has 2 aromatic rings. The van der Waals surface area contributed by atoms with E-state index in [-0.39, 0.29) is 5.91 Å². The van der Waals surface area contributed by atoms with E-state index in [0.29, 0.717) is 31.3 Å². The molecule has 0 aliphatic carbocycles. The molecular formula is C21H26N3O4+. The van der Waals surface area contributed by atoms with Crippen molar-refractivity contribution in [2.45, 2.75) is 6.42 Å². The van der Waals surface area contributed by atoms with Crippen molar-refractivity contribution < 1.29 is 24.3 Å². The van der Waals surface area contributed by atoms with Crippen LogP contribution in [0.15, 0.2) is 42.5 Å². The fraction of sp³-hybridized carbons (Fsp3) is 0.381. The number of phenols is 1. The van der Waals surface area contributed by atoms with E-state index in [0.717, 1.165) is 49.7 Å². The van der Waals surface area contributed by atoms with Gasteiger partial charge in [0.15, 0.2) is 18.0 Å². The van der Waals surface area contributed by atoms with E-state index in [1.165, 1.54) is 4.90 Å². The highest BCUT2D eigenvalue weighted by Crippen LogP contribution is 2.32. The summed E-state index contributed by atoms with van der Waals surface area (Å²) in [6.45, 7) is 5.01. The first kappa shape index (κ1) is 18.4. The van der Waals surface area contributed by atoms with Crippen LogP contribution in [0.3, 0.4) is 0 Å². The Balaban J connectivity index is 1.29. The van der Waals surface area contributed by atoms with Crippen LogP contribution in [0.4, 0.5) is 11.4 Å². The topological polar surface area (TPSA) is 75.5 Å². The van der Waals surface area contributed by atoms with Crippen LogP contribution in [0.5, 0.6) is 17.2 Å². The Bertz CT molecular complexity index is 834. The molecule has 0 atom stereocenters. The smallest absolute Gasteiger partial charge is 0.279 e. The molecule has 1 fully saturated rings. The van der Waals surface area contributed by atoms with Gasteiger partial charge in [0.05, 0.1) is 45.1 Å². The van der Waals surface area contributed by atoms with Gasteiger partial charge in [0, 0.05) is 18.2 Å². The SMILES string of the molecule is O=C(C[NH+]1CCN(c2ccccc2O)CC1)Nc1ccc2c(c1)OCCCO2. The highest BCUT2D eigenvalue weighted by atomic mass is 16.5. The number of benzene rings is 2. The summed E-state index contributed by atoms with van der Waals surface area (Å²) in [6.07, 6.45) is 0.854. The third kappa shape index (κ3) is 4.31. The van der Waals surface area contributed by atoms with Gasteiger partial charge in [-0.1, -0.05) is 12.1 Å². The number of rotatable bonds is 4. The highest BCUT2D eigenvalue weighted by molar-refractivity contribution is 5.91. The number of carbonyl (C=O) groups excluding carboxylic acids is 1. The zero-order chi connectivity index (χ0) is 19.3. The van der Waals surface area contributed by atoms with Crippen molar-refractivity contribution >= 4 is 17.3 Å². The molecule has 0 unspecified atom stereocenters. The molecule has 3 N–H and O–H groups in total. The van der Waals surface area contributed by atoms with Gasteiger partial charge in [-0.15, -0.1) is 0 Å². The van der Waals surface area contributed by atoms with Gasteiger partial charge >= 0.3 is 0 Å². The van der Waals surface area contributed by atoms with Crippen molar-refractivity contribution in [2.75, 3.05) is 56.2 Å². The molecule has 2 aromatic carbocycles. The number of para-hydroxylation sites is 2. The Morgan fingerprint density at radius 1 is 1.07 bits per heavy atom. The van der Waals surface area contributed by atoms with Crippen molar-refractivity contribution in [3.8, 4) is 17.2 Å².